The van der Waals surface area contributed by atoms with E-state index in [1.807, 2.05) is 45.0 Å². The van der Waals surface area contributed by atoms with E-state index >= 15 is 0 Å². The fraction of sp³-hybridized carbons (Fsp3) is 0.500. The number of para-hydroxylation sites is 2. The molecule has 1 saturated carbocycles. The van der Waals surface area contributed by atoms with Gasteiger partial charge in [-0.05, 0) is 51.0 Å². The predicted octanol–water partition coefficient (Wildman–Crippen LogP) is 4.98. The lowest BCUT2D eigenvalue weighted by molar-refractivity contribution is -0.152. The van der Waals surface area contributed by atoms with Crippen LogP contribution in [-0.2, 0) is 14.4 Å². The number of carbonyl (C=O) groups excluding carboxylic acids is 3. The van der Waals surface area contributed by atoms with Gasteiger partial charge in [0.25, 0.3) is 5.91 Å². The van der Waals surface area contributed by atoms with Gasteiger partial charge in [-0.15, -0.1) is 0 Å². The second-order valence-corrected chi connectivity index (χ2v) is 12.7. The number of Topliss-reactive ketones (excluding diaryl/α,β-unsaturated/α-hetero) is 1. The zero-order valence-electron chi connectivity index (χ0n) is 25.1. The summed E-state index contributed by atoms with van der Waals surface area (Å²) in [5, 5.41) is 9.54. The van der Waals surface area contributed by atoms with Crippen LogP contribution in [0, 0.1) is 5.41 Å². The van der Waals surface area contributed by atoms with Gasteiger partial charge in [0.05, 0.1) is 23.6 Å². The smallest absolute Gasteiger partial charge is 0.347 e. The Morgan fingerprint density at radius 1 is 0.976 bits per heavy atom. The summed E-state index contributed by atoms with van der Waals surface area (Å²) in [6, 6.07) is 12.2. The quantitative estimate of drug-likeness (QED) is 0.451. The highest BCUT2D eigenvalue weighted by Gasteiger charge is 2.42. The highest BCUT2D eigenvalue weighted by Crippen LogP contribution is 2.39. The van der Waals surface area contributed by atoms with Crippen LogP contribution in [0.5, 0.6) is 5.75 Å². The van der Waals surface area contributed by atoms with E-state index in [0.717, 1.165) is 37.8 Å². The summed E-state index contributed by atoms with van der Waals surface area (Å²) in [6.07, 6.45) is 5.16. The van der Waals surface area contributed by atoms with Gasteiger partial charge in [0.1, 0.15) is 11.8 Å². The van der Waals surface area contributed by atoms with Crippen LogP contribution in [0.2, 0.25) is 0 Å². The molecule has 1 fully saturated rings. The van der Waals surface area contributed by atoms with Crippen molar-refractivity contribution in [3.05, 3.63) is 48.5 Å². The molecular weight excluding hydrogens is 536 g/mol. The van der Waals surface area contributed by atoms with Gasteiger partial charge >= 0.3 is 12.0 Å². The maximum absolute atomic E-state index is 14.5. The molecule has 42 heavy (non-hydrogen) atoms. The molecule has 0 radical (unpaired) electrons. The molecule has 2 aromatic rings. The summed E-state index contributed by atoms with van der Waals surface area (Å²) in [7, 11) is 0. The molecule has 0 spiro atoms. The van der Waals surface area contributed by atoms with Crippen molar-refractivity contribution in [2.24, 2.45) is 11.1 Å². The molecule has 3 N–H and O–H groups in total. The number of primary amides is 1. The molecule has 2 aliphatic rings. The minimum atomic E-state index is -1.53. The van der Waals surface area contributed by atoms with Gasteiger partial charge in [-0.3, -0.25) is 14.5 Å². The number of benzene rings is 2. The number of amides is 3. The molecule has 2 aromatic carbocycles. The number of nitrogens with zero attached hydrogens (tertiary/aromatic N) is 3. The number of fused-ring (bicyclic) bond motifs is 1. The Morgan fingerprint density at radius 2 is 1.62 bits per heavy atom. The maximum atomic E-state index is 14.5. The summed E-state index contributed by atoms with van der Waals surface area (Å²) in [5.41, 5.74) is 5.51. The van der Waals surface area contributed by atoms with Crippen molar-refractivity contribution in [3.63, 3.8) is 0 Å². The van der Waals surface area contributed by atoms with Gasteiger partial charge in [-0.25, -0.2) is 9.59 Å². The predicted molar refractivity (Wildman–Crippen MR) is 162 cm³/mol. The first-order chi connectivity index (χ1) is 19.7. The van der Waals surface area contributed by atoms with Crippen LogP contribution in [0.25, 0.3) is 0 Å². The fourth-order valence-electron chi connectivity index (χ4n) is 5.57. The third-order valence-corrected chi connectivity index (χ3v) is 8.09. The molecule has 3 amide bonds. The number of ether oxygens (including phenoxy) is 1. The standard InChI is InChI=1S/C32H42N4O6/c1-31(2,3)27(37)20-35-25-17-10-9-16-24(25)34(21-12-7-6-8-13-21)19-26(28(35)38)36(30(33)41)22-14-11-15-23(18-22)42-32(4,5)29(39)40/h9-11,14-18,21,26H,6-8,12-13,19-20H2,1-5H3,(H2,33,41)(H,39,40)/t26-/m1/s1. The third-order valence-electron chi connectivity index (χ3n) is 8.09. The molecule has 0 unspecified atom stereocenters. The van der Waals surface area contributed by atoms with Crippen molar-refractivity contribution >= 4 is 40.8 Å². The normalized spacial score (nSPS) is 18.2. The molecule has 10 heteroatoms. The van der Waals surface area contributed by atoms with Crippen LogP contribution < -0.4 is 25.2 Å². The lowest BCUT2D eigenvalue weighted by Crippen LogP contribution is -2.58. The van der Waals surface area contributed by atoms with Gasteiger partial charge in [-0.1, -0.05) is 58.2 Å². The van der Waals surface area contributed by atoms with Crippen LogP contribution in [0.15, 0.2) is 48.5 Å². The van der Waals surface area contributed by atoms with Crippen LogP contribution in [0.3, 0.4) is 0 Å². The van der Waals surface area contributed by atoms with Crippen molar-refractivity contribution < 1.29 is 29.0 Å². The second-order valence-electron chi connectivity index (χ2n) is 12.7. The minimum absolute atomic E-state index is 0.118. The molecule has 1 heterocycles. The summed E-state index contributed by atoms with van der Waals surface area (Å²) >= 11 is 0. The van der Waals surface area contributed by atoms with Crippen LogP contribution >= 0.6 is 0 Å². The maximum Gasteiger partial charge on any atom is 0.347 e. The Kier molecular flexibility index (Phi) is 8.84. The zero-order chi connectivity index (χ0) is 30.8. The van der Waals surface area contributed by atoms with Gasteiger partial charge in [0.15, 0.2) is 11.4 Å². The molecule has 0 saturated heterocycles. The number of hydrogen-bond acceptors (Lipinski definition) is 6. The molecule has 0 bridgehead atoms. The van der Waals surface area contributed by atoms with E-state index in [4.69, 9.17) is 10.5 Å². The van der Waals surface area contributed by atoms with E-state index in [-0.39, 0.29) is 36.4 Å². The number of aliphatic carboxylic acids is 1. The summed E-state index contributed by atoms with van der Waals surface area (Å²) in [6.45, 7) is 8.31. The fourth-order valence-corrected chi connectivity index (χ4v) is 5.57. The highest BCUT2D eigenvalue weighted by atomic mass is 16.5. The lowest BCUT2D eigenvalue weighted by Gasteiger charge is -2.39. The van der Waals surface area contributed by atoms with Gasteiger partial charge in [0, 0.05) is 24.1 Å². The van der Waals surface area contributed by atoms with Crippen LogP contribution in [-0.4, -0.2) is 59.6 Å². The Hall–Kier alpha value is -4.08. The SMILES string of the molecule is CC(C)(C)C(=O)CN1C(=O)[C@H](N(C(N)=O)c2cccc(OC(C)(C)C(=O)O)c2)CN(C2CCCCC2)c2ccccc21. The molecule has 4 rings (SSSR count). The largest absolute Gasteiger partial charge is 0.478 e. The number of nitrogens with two attached hydrogens (primary N) is 1. The third kappa shape index (κ3) is 6.53. The van der Waals surface area contributed by atoms with E-state index in [1.54, 1.807) is 18.2 Å². The van der Waals surface area contributed by atoms with E-state index in [0.29, 0.717) is 5.69 Å². The van der Waals surface area contributed by atoms with Crippen LogP contribution in [0.4, 0.5) is 21.9 Å². The minimum Gasteiger partial charge on any atom is -0.478 e. The van der Waals surface area contributed by atoms with Crippen molar-refractivity contribution in [2.45, 2.75) is 84.4 Å². The number of carboxylic acid groups (broad SMARTS) is 1. The first-order valence-corrected chi connectivity index (χ1v) is 14.5. The Morgan fingerprint density at radius 3 is 2.21 bits per heavy atom. The first kappa shape index (κ1) is 30.9. The molecule has 1 atom stereocenters. The average molecular weight is 579 g/mol. The molecule has 0 aromatic heterocycles. The number of hydrogen-bond donors (Lipinski definition) is 2. The van der Waals surface area contributed by atoms with Gasteiger partial charge < -0.3 is 25.4 Å². The molecule has 1 aliphatic carbocycles. The topological polar surface area (TPSA) is 133 Å². The second kappa shape index (κ2) is 12.0. The monoisotopic (exact) mass is 578 g/mol. The van der Waals surface area contributed by atoms with Gasteiger partial charge in [-0.2, -0.15) is 0 Å². The number of ketones is 1. The summed E-state index contributed by atoms with van der Waals surface area (Å²) < 4.78 is 5.72. The van der Waals surface area contributed by atoms with Crippen molar-refractivity contribution in [1.29, 1.82) is 0 Å². The van der Waals surface area contributed by atoms with Crippen molar-refractivity contribution in [1.82, 2.24) is 0 Å². The number of carboxylic acids is 1. The number of urea groups is 1. The van der Waals surface area contributed by atoms with E-state index in [1.165, 1.54) is 29.7 Å². The van der Waals surface area contributed by atoms with Gasteiger partial charge in [0.2, 0.25) is 0 Å². The molecule has 10 nitrogen and oxygen atoms in total. The van der Waals surface area contributed by atoms with Crippen LogP contribution in [0.1, 0.15) is 66.7 Å². The van der Waals surface area contributed by atoms with E-state index < -0.39 is 35.0 Å². The van der Waals surface area contributed by atoms with E-state index in [2.05, 4.69) is 4.90 Å². The van der Waals surface area contributed by atoms with Crippen molar-refractivity contribution in [2.75, 3.05) is 27.8 Å². The number of carbonyl (C=O) groups is 4. The van der Waals surface area contributed by atoms with Crippen molar-refractivity contribution in [3.8, 4) is 5.75 Å². The first-order valence-electron chi connectivity index (χ1n) is 14.5. The summed E-state index contributed by atoms with van der Waals surface area (Å²) in [4.78, 5) is 57.6. The Balaban J connectivity index is 1.83. The zero-order valence-corrected chi connectivity index (χ0v) is 25.1. The van der Waals surface area contributed by atoms with E-state index in [9.17, 15) is 24.3 Å². The molecule has 226 valence electrons. The summed E-state index contributed by atoms with van der Waals surface area (Å²) in [5.74, 6) is -1.49. The highest BCUT2D eigenvalue weighted by molar-refractivity contribution is 6.10. The molecular formula is C32H42N4O6. The number of anilines is 3. The molecule has 1 aliphatic heterocycles. The lowest BCUT2D eigenvalue weighted by atomic mass is 9.90. The average Bonchev–Trinajstić information content (AvgIpc) is 3.04. The Labute approximate surface area is 247 Å². The number of rotatable bonds is 8. The Bertz CT molecular complexity index is 1340.